The van der Waals surface area contributed by atoms with Crippen molar-refractivity contribution in [1.82, 2.24) is 29.6 Å². The first-order valence-corrected chi connectivity index (χ1v) is 6.36. The average molecular weight is 286 g/mol. The van der Waals surface area contributed by atoms with E-state index in [1.807, 2.05) is 7.05 Å². The largest absolute Gasteiger partial charge is 0.345 e. The molecule has 21 heavy (non-hydrogen) atoms. The summed E-state index contributed by atoms with van der Waals surface area (Å²) in [5.74, 6) is 0.437. The van der Waals surface area contributed by atoms with E-state index in [9.17, 15) is 9.59 Å². The van der Waals surface area contributed by atoms with Gasteiger partial charge in [-0.05, 0) is 18.2 Å². The molecule has 1 aromatic carbocycles. The number of rotatable bonds is 3. The molecule has 0 bridgehead atoms. The molecular weight excluding hydrogens is 272 g/mol. The predicted octanol–water partition coefficient (Wildman–Crippen LogP) is -0.0749. The highest BCUT2D eigenvalue weighted by Gasteiger charge is 2.10. The number of hydrogen-bond donors (Lipinski definition) is 2. The van der Waals surface area contributed by atoms with E-state index in [0.717, 1.165) is 0 Å². The number of H-pyrrole nitrogens is 1. The molecule has 0 saturated heterocycles. The number of nitrogens with zero attached hydrogens (tertiary/aromatic N) is 4. The summed E-state index contributed by atoms with van der Waals surface area (Å²) in [5, 5.41) is 10.4. The molecule has 2 aromatic heterocycles. The van der Waals surface area contributed by atoms with Crippen molar-refractivity contribution in [2.24, 2.45) is 14.1 Å². The predicted molar refractivity (Wildman–Crippen MR) is 75.7 cm³/mol. The topological polar surface area (TPSA) is 97.6 Å². The van der Waals surface area contributed by atoms with Crippen molar-refractivity contribution in [1.29, 1.82) is 0 Å². The monoisotopic (exact) mass is 286 g/mol. The van der Waals surface area contributed by atoms with Gasteiger partial charge in [-0.25, -0.2) is 4.79 Å². The van der Waals surface area contributed by atoms with E-state index in [1.165, 1.54) is 4.57 Å². The molecule has 0 spiro atoms. The summed E-state index contributed by atoms with van der Waals surface area (Å²) in [6, 6.07) is 5.07. The molecule has 0 radical (unpaired) electrons. The standard InChI is InChI=1S/C13H14N6O2/c1-18-7-15-17-11(18)6-14-12(20)8-3-4-9-10(5-8)19(2)13(21)16-9/h3-5,7H,6H2,1-2H3,(H,14,20)(H,16,21). The molecule has 0 saturated carbocycles. The molecule has 8 heteroatoms. The molecule has 3 rings (SSSR count). The van der Waals surface area contributed by atoms with Crippen LogP contribution in [-0.4, -0.2) is 30.2 Å². The molecule has 2 N–H and O–H groups in total. The molecule has 0 atom stereocenters. The van der Waals surface area contributed by atoms with Gasteiger partial charge in [-0.2, -0.15) is 0 Å². The van der Waals surface area contributed by atoms with E-state index in [2.05, 4.69) is 20.5 Å². The van der Waals surface area contributed by atoms with Crippen molar-refractivity contribution in [3.8, 4) is 0 Å². The first-order valence-electron chi connectivity index (χ1n) is 6.36. The van der Waals surface area contributed by atoms with Crippen LogP contribution >= 0.6 is 0 Å². The van der Waals surface area contributed by atoms with Gasteiger partial charge in [0.15, 0.2) is 5.82 Å². The van der Waals surface area contributed by atoms with Crippen molar-refractivity contribution in [3.63, 3.8) is 0 Å². The molecule has 2 heterocycles. The van der Waals surface area contributed by atoms with Crippen LogP contribution in [0.4, 0.5) is 0 Å². The molecule has 3 aromatic rings. The quantitative estimate of drug-likeness (QED) is 0.704. The second kappa shape index (κ2) is 4.89. The van der Waals surface area contributed by atoms with E-state index in [0.29, 0.717) is 29.0 Å². The Bertz CT molecular complexity index is 872. The summed E-state index contributed by atoms with van der Waals surface area (Å²) >= 11 is 0. The number of aromatic nitrogens is 5. The second-order valence-corrected chi connectivity index (χ2v) is 4.76. The fourth-order valence-electron chi connectivity index (χ4n) is 2.09. The van der Waals surface area contributed by atoms with Crippen LogP contribution < -0.4 is 11.0 Å². The maximum absolute atomic E-state index is 12.1. The smallest absolute Gasteiger partial charge is 0.326 e. The maximum atomic E-state index is 12.1. The van der Waals surface area contributed by atoms with Gasteiger partial charge in [0, 0.05) is 19.7 Å². The lowest BCUT2D eigenvalue weighted by molar-refractivity contribution is 0.0949. The number of amides is 1. The minimum atomic E-state index is -0.228. The third-order valence-electron chi connectivity index (χ3n) is 3.38. The fraction of sp³-hybridized carbons (Fsp3) is 0.231. The molecule has 0 fully saturated rings. The van der Waals surface area contributed by atoms with Gasteiger partial charge in [-0.1, -0.05) is 0 Å². The second-order valence-electron chi connectivity index (χ2n) is 4.76. The number of carbonyl (C=O) groups excluding carboxylic acids is 1. The van der Waals surface area contributed by atoms with Crippen molar-refractivity contribution in [3.05, 3.63) is 46.4 Å². The van der Waals surface area contributed by atoms with Gasteiger partial charge >= 0.3 is 5.69 Å². The number of nitrogens with one attached hydrogen (secondary N) is 2. The Balaban J connectivity index is 1.83. The summed E-state index contributed by atoms with van der Waals surface area (Å²) in [6.07, 6.45) is 1.57. The normalized spacial score (nSPS) is 11.0. The van der Waals surface area contributed by atoms with Gasteiger partial charge in [0.25, 0.3) is 5.91 Å². The highest BCUT2D eigenvalue weighted by molar-refractivity contribution is 5.97. The van der Waals surface area contributed by atoms with E-state index in [4.69, 9.17) is 0 Å². The van der Waals surface area contributed by atoms with E-state index >= 15 is 0 Å². The Morgan fingerprint density at radius 2 is 2.19 bits per heavy atom. The Kier molecular flexibility index (Phi) is 3.05. The van der Waals surface area contributed by atoms with Crippen LogP contribution in [0.2, 0.25) is 0 Å². The van der Waals surface area contributed by atoms with E-state index in [-0.39, 0.29) is 11.6 Å². The van der Waals surface area contributed by atoms with Crippen LogP contribution in [0.5, 0.6) is 0 Å². The first kappa shape index (κ1) is 13.1. The van der Waals surface area contributed by atoms with Crippen LogP contribution in [-0.2, 0) is 20.6 Å². The number of hydrogen-bond acceptors (Lipinski definition) is 4. The minimum Gasteiger partial charge on any atom is -0.345 e. The lowest BCUT2D eigenvalue weighted by Gasteiger charge is -2.05. The molecule has 0 aliphatic rings. The lowest BCUT2D eigenvalue weighted by Crippen LogP contribution is -2.24. The number of aryl methyl sites for hydroxylation is 2. The summed E-state index contributed by atoms with van der Waals surface area (Å²) in [7, 11) is 3.46. The van der Waals surface area contributed by atoms with Crippen LogP contribution in [0, 0.1) is 0 Å². The van der Waals surface area contributed by atoms with Gasteiger partial charge < -0.3 is 14.9 Å². The fourth-order valence-corrected chi connectivity index (χ4v) is 2.09. The molecule has 0 aliphatic heterocycles. The highest BCUT2D eigenvalue weighted by atomic mass is 16.2. The maximum Gasteiger partial charge on any atom is 0.326 e. The van der Waals surface area contributed by atoms with Gasteiger partial charge in [-0.3, -0.25) is 9.36 Å². The van der Waals surface area contributed by atoms with Crippen LogP contribution in [0.25, 0.3) is 11.0 Å². The highest BCUT2D eigenvalue weighted by Crippen LogP contribution is 2.12. The number of benzene rings is 1. The van der Waals surface area contributed by atoms with Gasteiger partial charge in [0.05, 0.1) is 17.6 Å². The Morgan fingerprint density at radius 3 is 2.90 bits per heavy atom. The zero-order valence-corrected chi connectivity index (χ0v) is 11.6. The van der Waals surface area contributed by atoms with E-state index in [1.54, 1.807) is 36.1 Å². The number of aromatic amines is 1. The zero-order valence-electron chi connectivity index (χ0n) is 11.6. The average Bonchev–Trinajstić information content (AvgIpc) is 3.01. The summed E-state index contributed by atoms with van der Waals surface area (Å²) < 4.78 is 3.20. The van der Waals surface area contributed by atoms with Crippen LogP contribution in [0.3, 0.4) is 0 Å². The number of fused-ring (bicyclic) bond motifs is 1. The lowest BCUT2D eigenvalue weighted by atomic mass is 10.2. The third kappa shape index (κ3) is 2.31. The van der Waals surface area contributed by atoms with Gasteiger partial charge in [-0.15, -0.1) is 10.2 Å². The van der Waals surface area contributed by atoms with Gasteiger partial charge in [0.1, 0.15) is 6.33 Å². The molecule has 108 valence electrons. The van der Waals surface area contributed by atoms with Crippen LogP contribution in [0.1, 0.15) is 16.2 Å². The van der Waals surface area contributed by atoms with Crippen molar-refractivity contribution in [2.45, 2.75) is 6.54 Å². The third-order valence-corrected chi connectivity index (χ3v) is 3.38. The SMILES string of the molecule is Cn1cnnc1CNC(=O)c1ccc2[nH]c(=O)n(C)c2c1. The molecule has 8 nitrogen and oxygen atoms in total. The number of imidazole rings is 1. The molecule has 0 aliphatic carbocycles. The Labute approximate surface area is 119 Å². The minimum absolute atomic E-state index is 0.207. The molecule has 1 amide bonds. The van der Waals surface area contributed by atoms with Crippen LogP contribution in [0.15, 0.2) is 29.3 Å². The molecular formula is C13H14N6O2. The molecule has 0 unspecified atom stereocenters. The zero-order chi connectivity index (χ0) is 15.0. The Hall–Kier alpha value is -2.90. The van der Waals surface area contributed by atoms with Crippen molar-refractivity contribution < 1.29 is 4.79 Å². The number of carbonyl (C=O) groups is 1. The van der Waals surface area contributed by atoms with Crippen molar-refractivity contribution in [2.75, 3.05) is 0 Å². The summed E-state index contributed by atoms with van der Waals surface area (Å²) in [5.41, 5.74) is 1.67. The summed E-state index contributed by atoms with van der Waals surface area (Å²) in [6.45, 7) is 0.291. The first-order chi connectivity index (χ1) is 10.1. The van der Waals surface area contributed by atoms with Crippen molar-refractivity contribution >= 4 is 16.9 Å². The van der Waals surface area contributed by atoms with E-state index < -0.39 is 0 Å². The summed E-state index contributed by atoms with van der Waals surface area (Å²) in [4.78, 5) is 26.4. The Morgan fingerprint density at radius 1 is 1.38 bits per heavy atom. The van der Waals surface area contributed by atoms with Gasteiger partial charge in [0.2, 0.25) is 0 Å².